The molecule has 3 aliphatic heterocycles. The van der Waals surface area contributed by atoms with Gasteiger partial charge in [-0.3, -0.25) is 4.90 Å². The molecule has 3 heterocycles. The van der Waals surface area contributed by atoms with E-state index in [2.05, 4.69) is 4.90 Å². The number of hydrogen-bond donors (Lipinski definition) is 1. The minimum atomic E-state index is -3.26. The second kappa shape index (κ2) is 7.85. The van der Waals surface area contributed by atoms with Crippen molar-refractivity contribution in [1.82, 2.24) is 9.21 Å². The van der Waals surface area contributed by atoms with Gasteiger partial charge in [0.15, 0.2) is 0 Å². The Kier molecular flexibility index (Phi) is 5.71. The molecular weight excluding hydrogens is 400 g/mol. The molecule has 5 atom stereocenters. The van der Waals surface area contributed by atoms with E-state index >= 15 is 0 Å². The molecule has 1 aromatic rings. The van der Waals surface area contributed by atoms with Crippen LogP contribution in [0.2, 0.25) is 0 Å². The Balaban J connectivity index is 1.44. The smallest absolute Gasteiger partial charge is 0.216 e. The lowest BCUT2D eigenvalue weighted by atomic mass is 9.92. The van der Waals surface area contributed by atoms with Crippen molar-refractivity contribution in [2.24, 2.45) is 11.7 Å². The number of nitrogens with two attached hydrogens (primary N) is 1. The van der Waals surface area contributed by atoms with Crippen LogP contribution in [0.3, 0.4) is 0 Å². The standard InChI is InChI=1S/C20H29F2N3O3S/c1-12(2)29(26,27)24-9-13-5-6-25(19(13)10-24)15-8-18(23)20(28-11-15)16-7-14(21)3-4-17(16)22/h3-4,7,12-13,15,18-20H,5-6,8-11,23H2,1-2H3/t13?,15-,18+,19?,20-/m1/s1. The van der Waals surface area contributed by atoms with E-state index in [1.165, 1.54) is 0 Å². The highest BCUT2D eigenvalue weighted by Gasteiger charge is 2.48. The van der Waals surface area contributed by atoms with Crippen LogP contribution >= 0.6 is 0 Å². The zero-order valence-corrected chi connectivity index (χ0v) is 17.6. The topological polar surface area (TPSA) is 75.9 Å². The van der Waals surface area contributed by atoms with Crippen LogP contribution < -0.4 is 5.73 Å². The molecule has 2 N–H and O–H groups in total. The summed E-state index contributed by atoms with van der Waals surface area (Å²) in [6.45, 7) is 5.73. The summed E-state index contributed by atoms with van der Waals surface area (Å²) in [5.74, 6) is -0.714. The fourth-order valence-electron chi connectivity index (χ4n) is 5.04. The van der Waals surface area contributed by atoms with Crippen LogP contribution in [-0.2, 0) is 14.8 Å². The van der Waals surface area contributed by atoms with Crippen molar-refractivity contribution in [3.05, 3.63) is 35.4 Å². The number of likely N-dealkylation sites (tertiary alicyclic amines) is 1. The summed E-state index contributed by atoms with van der Waals surface area (Å²) in [5, 5.41) is -0.428. The molecule has 0 radical (unpaired) electrons. The number of benzene rings is 1. The average molecular weight is 430 g/mol. The predicted octanol–water partition coefficient (Wildman–Crippen LogP) is 1.87. The molecule has 0 aromatic heterocycles. The Bertz CT molecular complexity index is 867. The Hall–Kier alpha value is -1.13. The molecule has 2 unspecified atom stereocenters. The molecule has 0 aliphatic carbocycles. The third-order valence-corrected chi connectivity index (χ3v) is 8.86. The summed E-state index contributed by atoms with van der Waals surface area (Å²) in [7, 11) is -3.26. The number of rotatable bonds is 4. The highest BCUT2D eigenvalue weighted by atomic mass is 32.2. The molecule has 3 aliphatic rings. The molecule has 3 saturated heterocycles. The molecule has 29 heavy (non-hydrogen) atoms. The third-order valence-electron chi connectivity index (χ3n) is 6.65. The van der Waals surface area contributed by atoms with Gasteiger partial charge < -0.3 is 10.5 Å². The van der Waals surface area contributed by atoms with Crippen LogP contribution in [-0.4, -0.2) is 67.2 Å². The van der Waals surface area contributed by atoms with E-state index in [-0.39, 0.29) is 17.6 Å². The van der Waals surface area contributed by atoms with Crippen molar-refractivity contribution in [2.75, 3.05) is 26.2 Å². The van der Waals surface area contributed by atoms with Crippen LogP contribution in [0, 0.1) is 17.6 Å². The molecule has 162 valence electrons. The number of nitrogens with zero attached hydrogens (tertiary/aromatic N) is 2. The monoisotopic (exact) mass is 429 g/mol. The SMILES string of the molecule is CC(C)S(=O)(=O)N1CC2CCN([C@H]3CO[C@H](c4cc(F)ccc4F)[C@@H](N)C3)C2C1. The molecule has 0 saturated carbocycles. The summed E-state index contributed by atoms with van der Waals surface area (Å²) >= 11 is 0. The number of ether oxygens (including phenoxy) is 1. The van der Waals surface area contributed by atoms with Crippen molar-refractivity contribution in [3.63, 3.8) is 0 Å². The lowest BCUT2D eigenvalue weighted by Gasteiger charge is -2.41. The second-order valence-corrected chi connectivity index (χ2v) is 11.2. The number of sulfonamides is 1. The van der Waals surface area contributed by atoms with Gasteiger partial charge in [0.25, 0.3) is 0 Å². The Labute approximate surface area is 171 Å². The van der Waals surface area contributed by atoms with Crippen molar-refractivity contribution in [2.45, 2.75) is 56.2 Å². The van der Waals surface area contributed by atoms with Gasteiger partial charge in [0.05, 0.1) is 11.9 Å². The number of fused-ring (bicyclic) bond motifs is 1. The zero-order chi connectivity index (χ0) is 20.9. The van der Waals surface area contributed by atoms with Gasteiger partial charge in [0.2, 0.25) is 10.0 Å². The Morgan fingerprint density at radius 1 is 1.24 bits per heavy atom. The zero-order valence-electron chi connectivity index (χ0n) is 16.8. The average Bonchev–Trinajstić information content (AvgIpc) is 3.25. The summed E-state index contributed by atoms with van der Waals surface area (Å²) in [4.78, 5) is 2.32. The molecule has 3 fully saturated rings. The van der Waals surface area contributed by atoms with Crippen LogP contribution in [0.25, 0.3) is 0 Å². The van der Waals surface area contributed by atoms with Gasteiger partial charge in [-0.1, -0.05) is 0 Å². The fraction of sp³-hybridized carbons (Fsp3) is 0.700. The second-order valence-electron chi connectivity index (χ2n) is 8.74. The van der Waals surface area contributed by atoms with Crippen molar-refractivity contribution in [1.29, 1.82) is 0 Å². The van der Waals surface area contributed by atoms with Gasteiger partial charge in [-0.15, -0.1) is 0 Å². The third kappa shape index (κ3) is 3.83. The number of halogens is 2. The molecule has 4 rings (SSSR count). The van der Waals surface area contributed by atoms with Gasteiger partial charge in [0, 0.05) is 36.8 Å². The first kappa shape index (κ1) is 21.1. The molecular formula is C20H29F2N3O3S. The molecule has 6 nitrogen and oxygen atoms in total. The van der Waals surface area contributed by atoms with Gasteiger partial charge >= 0.3 is 0 Å². The lowest BCUT2D eigenvalue weighted by Crippen LogP contribution is -2.52. The fourth-order valence-corrected chi connectivity index (χ4v) is 6.40. The normalized spacial score (nSPS) is 34.1. The number of hydrogen-bond acceptors (Lipinski definition) is 5. The van der Waals surface area contributed by atoms with Gasteiger partial charge in [-0.2, -0.15) is 4.31 Å². The van der Waals surface area contributed by atoms with E-state index in [0.717, 1.165) is 31.2 Å². The minimum Gasteiger partial charge on any atom is -0.370 e. The van der Waals surface area contributed by atoms with Crippen LogP contribution in [0.5, 0.6) is 0 Å². The minimum absolute atomic E-state index is 0.0505. The summed E-state index contributed by atoms with van der Waals surface area (Å²) in [5.41, 5.74) is 6.47. The van der Waals surface area contributed by atoms with Gasteiger partial charge in [-0.25, -0.2) is 17.2 Å². The van der Waals surface area contributed by atoms with Crippen LogP contribution in [0.4, 0.5) is 8.78 Å². The van der Waals surface area contributed by atoms with Crippen LogP contribution in [0.1, 0.15) is 38.4 Å². The van der Waals surface area contributed by atoms with E-state index in [9.17, 15) is 17.2 Å². The maximum atomic E-state index is 14.1. The summed E-state index contributed by atoms with van der Waals surface area (Å²) in [6, 6.07) is 3.08. The molecule has 0 bridgehead atoms. The first-order chi connectivity index (χ1) is 13.7. The predicted molar refractivity (Wildman–Crippen MR) is 106 cm³/mol. The van der Waals surface area contributed by atoms with Crippen molar-refractivity contribution >= 4 is 10.0 Å². The summed E-state index contributed by atoms with van der Waals surface area (Å²) < 4.78 is 60.4. The summed E-state index contributed by atoms with van der Waals surface area (Å²) in [6.07, 6.45) is 0.866. The largest absolute Gasteiger partial charge is 0.370 e. The maximum Gasteiger partial charge on any atom is 0.216 e. The van der Waals surface area contributed by atoms with Gasteiger partial charge in [-0.05, 0) is 57.4 Å². The van der Waals surface area contributed by atoms with E-state index in [1.807, 2.05) is 0 Å². The lowest BCUT2D eigenvalue weighted by molar-refractivity contribution is -0.0547. The highest BCUT2D eigenvalue weighted by molar-refractivity contribution is 7.89. The molecule has 0 spiro atoms. The van der Waals surface area contributed by atoms with Crippen molar-refractivity contribution < 1.29 is 21.9 Å². The Morgan fingerprint density at radius 2 is 2.00 bits per heavy atom. The highest BCUT2D eigenvalue weighted by Crippen LogP contribution is 2.38. The molecule has 9 heteroatoms. The first-order valence-corrected chi connectivity index (χ1v) is 11.8. The van der Waals surface area contributed by atoms with E-state index in [1.54, 1.807) is 18.2 Å². The van der Waals surface area contributed by atoms with Gasteiger partial charge in [0.1, 0.15) is 17.7 Å². The van der Waals surface area contributed by atoms with Crippen molar-refractivity contribution in [3.8, 4) is 0 Å². The Morgan fingerprint density at radius 3 is 2.69 bits per heavy atom. The van der Waals surface area contributed by atoms with E-state index in [0.29, 0.717) is 32.0 Å². The van der Waals surface area contributed by atoms with E-state index < -0.39 is 39.1 Å². The molecule has 0 amide bonds. The van der Waals surface area contributed by atoms with Crippen LogP contribution in [0.15, 0.2) is 18.2 Å². The quantitative estimate of drug-likeness (QED) is 0.791. The molecule has 1 aromatic carbocycles. The van der Waals surface area contributed by atoms with E-state index in [4.69, 9.17) is 10.5 Å². The first-order valence-electron chi connectivity index (χ1n) is 10.2. The maximum absolute atomic E-state index is 14.1.